The highest BCUT2D eigenvalue weighted by Crippen LogP contribution is 2.38. The van der Waals surface area contributed by atoms with E-state index < -0.39 is 150 Å². The molecule has 0 N–H and O–H groups in total. The standard InChI is InChI=1S/C29H22F4N2O4S.C29H23F2N3O3S.C28H22F2N4O4S.C21H18FN3O4S/c1-17-10-22(34-39-17)14-27(36)28(11-18-6-8-20(30)12-24(18)32)40(37,38)29-16-35(26-5-3-2-4-23(26)29)15-19-7-9-21(31)13-25(19)33;1-19-11-22(8-10-32-19)21-6-4-5-20(12-21)16-34-17-28(29-26(31)13-23(30)14-27(29)34)38(36,37)18-25(35)15-24-7-2-3-9-33-24;1-38-28-32-13-20(14-33-28)19-6-4-5-18(9-19)15-34-16-26(27-24(30)10-21(29)11-25(27)34)39(36,37)17-23(35)12-22-7-2-3-8-31-22;1-14-8-16(24-29-14)9-17(26)13-30(27,28)20-12-25(19-5-3-2-4-18(19)20)11-15-6-7-21(22)23-10-15/h2-10,12-13,16,28H,11,14-15H2,1H3;2-14,17H,15-16,18H2,1H3;2-11,13-14,16H,12,15,17H2,1H3;2-8,10,12H,9,11,13H2,1H3. The van der Waals surface area contributed by atoms with Gasteiger partial charge in [-0.05, 0) is 157 Å². The fourth-order valence-electron chi connectivity index (χ4n) is 16.8. The minimum absolute atomic E-state index is 0.0569. The number of ketones is 4. The summed E-state index contributed by atoms with van der Waals surface area (Å²) < 4.78 is 256. The van der Waals surface area contributed by atoms with Crippen LogP contribution in [0.4, 0.5) is 39.5 Å². The first-order valence-electron chi connectivity index (χ1n) is 45.0. The van der Waals surface area contributed by atoms with Crippen molar-refractivity contribution in [2.45, 2.75) is 104 Å². The van der Waals surface area contributed by atoms with Crippen molar-refractivity contribution in [1.82, 2.24) is 58.5 Å². The Morgan fingerprint density at radius 1 is 0.354 bits per heavy atom. The average Bonchev–Trinajstić information content (AvgIpc) is 1.61. The number of ether oxygens (including phenoxy) is 1. The van der Waals surface area contributed by atoms with E-state index in [0.29, 0.717) is 69.8 Å². The zero-order valence-electron chi connectivity index (χ0n) is 78.3. The second-order valence-corrected chi connectivity index (χ2v) is 42.4. The van der Waals surface area contributed by atoms with Gasteiger partial charge in [0.05, 0.1) is 79.3 Å². The zero-order chi connectivity index (χ0) is 104. The first-order chi connectivity index (χ1) is 70.3. The summed E-state index contributed by atoms with van der Waals surface area (Å²) in [6, 6.07) is 57.6. The van der Waals surface area contributed by atoms with Gasteiger partial charge in [-0.25, -0.2) is 83.7 Å². The van der Waals surface area contributed by atoms with E-state index in [2.05, 4.69) is 40.2 Å². The van der Waals surface area contributed by atoms with Gasteiger partial charge in [0.25, 0.3) is 0 Å². The third kappa shape index (κ3) is 25.0. The first kappa shape index (κ1) is 104. The van der Waals surface area contributed by atoms with Gasteiger partial charge in [0, 0.05) is 181 Å². The molecule has 0 saturated carbocycles. The Kier molecular flexibility index (Phi) is 31.3. The summed E-state index contributed by atoms with van der Waals surface area (Å²) in [5, 5.41) is 6.03. The molecule has 0 radical (unpaired) electrons. The van der Waals surface area contributed by atoms with Crippen LogP contribution in [0, 0.1) is 73.3 Å². The molecule has 1 atom stereocenters. The van der Waals surface area contributed by atoms with Crippen molar-refractivity contribution in [2.24, 2.45) is 0 Å². The molecule has 40 heteroatoms. The number of carbonyl (C=O) groups excluding carboxylic acids is 4. The molecular formula is C107H85F9N12O15S4. The molecule has 8 aromatic carbocycles. The predicted molar refractivity (Wildman–Crippen MR) is 526 cm³/mol. The second-order valence-electron chi connectivity index (χ2n) is 34.4. The molecule has 750 valence electrons. The second kappa shape index (κ2) is 44.5. The van der Waals surface area contributed by atoms with Crippen molar-refractivity contribution in [3.8, 4) is 28.3 Å². The van der Waals surface area contributed by atoms with Crippen LogP contribution in [-0.4, -0.2) is 145 Å². The van der Waals surface area contributed by atoms with Crippen molar-refractivity contribution in [1.29, 1.82) is 0 Å². The first-order valence-corrected chi connectivity index (χ1v) is 51.5. The van der Waals surface area contributed by atoms with Gasteiger partial charge in [-0.3, -0.25) is 34.1 Å². The number of sulfone groups is 4. The number of aryl methyl sites for hydroxylation is 3. The number of fused-ring (bicyclic) bond motifs is 4. The molecule has 11 heterocycles. The summed E-state index contributed by atoms with van der Waals surface area (Å²) in [7, 11) is -15.4. The number of halogens is 9. The molecule has 19 aromatic rings. The van der Waals surface area contributed by atoms with E-state index in [1.807, 2.05) is 55.5 Å². The summed E-state index contributed by atoms with van der Waals surface area (Å²) in [5.74, 6) is -11.4. The summed E-state index contributed by atoms with van der Waals surface area (Å²) in [5.41, 5.74) is 9.22. The van der Waals surface area contributed by atoms with Crippen molar-refractivity contribution in [3.63, 3.8) is 0 Å². The number of nitrogens with zero attached hydrogens (tertiary/aromatic N) is 12. The topological polar surface area (TPSA) is 363 Å². The van der Waals surface area contributed by atoms with Crippen LogP contribution in [0.3, 0.4) is 0 Å². The summed E-state index contributed by atoms with van der Waals surface area (Å²) in [6.45, 7) is 5.67. The number of Topliss-reactive ketones (excluding diaryl/α,β-unsaturated/α-hetero) is 4. The normalized spacial score (nSPS) is 11.9. The highest BCUT2D eigenvalue weighted by molar-refractivity contribution is 7.93. The van der Waals surface area contributed by atoms with Crippen LogP contribution in [0.2, 0.25) is 0 Å². The highest BCUT2D eigenvalue weighted by atomic mass is 32.2. The molecule has 1 unspecified atom stereocenters. The fraction of sp³-hybridized carbons (Fsp3) is 0.159. The van der Waals surface area contributed by atoms with Crippen LogP contribution < -0.4 is 4.74 Å². The number of carbonyl (C=O) groups is 4. The van der Waals surface area contributed by atoms with E-state index >= 15 is 0 Å². The Hall–Kier alpha value is -16.3. The lowest BCUT2D eigenvalue weighted by Gasteiger charge is -2.17. The fourth-order valence-corrected chi connectivity index (χ4v) is 23.1. The molecule has 19 rings (SSSR count). The molecule has 0 bridgehead atoms. The lowest BCUT2D eigenvalue weighted by atomic mass is 10.0. The molecule has 147 heavy (non-hydrogen) atoms. The number of pyridine rings is 4. The number of benzene rings is 8. The van der Waals surface area contributed by atoms with E-state index in [-0.39, 0.29) is 109 Å². The minimum Gasteiger partial charge on any atom is -0.467 e. The van der Waals surface area contributed by atoms with Crippen molar-refractivity contribution < 1.29 is 106 Å². The summed E-state index contributed by atoms with van der Waals surface area (Å²) >= 11 is 0. The quantitative estimate of drug-likeness (QED) is 0.0272. The van der Waals surface area contributed by atoms with Crippen LogP contribution in [0.15, 0.2) is 321 Å². The van der Waals surface area contributed by atoms with Gasteiger partial charge < -0.3 is 32.1 Å². The molecule has 0 spiro atoms. The lowest BCUT2D eigenvalue weighted by Crippen LogP contribution is -2.34. The molecule has 27 nitrogen and oxygen atoms in total. The smallest absolute Gasteiger partial charge is 0.316 e. The van der Waals surface area contributed by atoms with Crippen LogP contribution in [0.1, 0.15) is 67.8 Å². The molecule has 0 fully saturated rings. The Morgan fingerprint density at radius 3 is 1.28 bits per heavy atom. The zero-order valence-corrected chi connectivity index (χ0v) is 81.6. The SMILES string of the molecule is COc1ncc(-c2cccc(Cn3cc(S(=O)(=O)CC(=O)Cc4ccccn4)c4c(F)cc(F)cc43)c2)cn1.Cc1cc(-c2cccc(Cn3cc(S(=O)(=O)CC(=O)Cc4ccccn4)c4c(F)cc(F)cc43)c2)ccn1.Cc1cc(CC(=O)C(Cc2ccc(F)cc2F)S(=O)(=O)c2cn(Cc3ccc(F)cc3F)c3ccccc23)no1.Cc1cc(CC(=O)CS(=O)(=O)c2cn(Cc3ccc(F)nc3)c3ccccc23)no1. The number of hydrogen-bond donors (Lipinski definition) is 0. The third-order valence-electron chi connectivity index (χ3n) is 23.5. The van der Waals surface area contributed by atoms with E-state index in [1.54, 1.807) is 146 Å². The number of para-hydroxylation sites is 2. The van der Waals surface area contributed by atoms with Crippen LogP contribution in [0.25, 0.3) is 65.9 Å². The Balaban J connectivity index is 0.000000141. The van der Waals surface area contributed by atoms with Crippen molar-refractivity contribution in [3.05, 3.63) is 413 Å². The van der Waals surface area contributed by atoms with Gasteiger partial charge in [-0.15, -0.1) is 0 Å². The number of methoxy groups -OCH3 is 1. The Morgan fingerprint density at radius 2 is 0.796 bits per heavy atom. The predicted octanol–water partition coefficient (Wildman–Crippen LogP) is 18.6. The molecule has 0 aliphatic heterocycles. The summed E-state index contributed by atoms with van der Waals surface area (Å²) in [6.07, 6.45) is 13.2. The largest absolute Gasteiger partial charge is 0.467 e. The van der Waals surface area contributed by atoms with Crippen molar-refractivity contribution >= 4 is 106 Å². The molecular weight excluding hydrogens is 1990 g/mol. The third-order valence-corrected chi connectivity index (χ3v) is 30.7. The lowest BCUT2D eigenvalue weighted by molar-refractivity contribution is -0.118. The van der Waals surface area contributed by atoms with E-state index in [1.165, 1.54) is 82.4 Å². The molecule has 0 aliphatic rings. The molecule has 0 aliphatic carbocycles. The van der Waals surface area contributed by atoms with E-state index in [9.17, 15) is 92.4 Å². The maximum absolute atomic E-state index is 15.0. The number of hydrogen-bond acceptors (Lipinski definition) is 23. The number of rotatable bonds is 33. The monoisotopic (exact) mass is 2080 g/mol. The molecule has 11 aromatic heterocycles. The Bertz CT molecular complexity index is 8710. The van der Waals surface area contributed by atoms with Gasteiger partial charge >= 0.3 is 6.01 Å². The summed E-state index contributed by atoms with van der Waals surface area (Å²) in [4.78, 5) is 74.3. The van der Waals surface area contributed by atoms with Gasteiger partial charge in [0.1, 0.15) is 80.6 Å². The van der Waals surface area contributed by atoms with Crippen LogP contribution >= 0.6 is 0 Å². The maximum Gasteiger partial charge on any atom is 0.316 e. The van der Waals surface area contributed by atoms with Crippen molar-refractivity contribution in [2.75, 3.05) is 24.4 Å². The van der Waals surface area contributed by atoms with E-state index in [0.717, 1.165) is 81.0 Å². The minimum atomic E-state index is -4.50. The van der Waals surface area contributed by atoms with Gasteiger partial charge in [-0.2, -0.15) is 4.39 Å². The maximum atomic E-state index is 15.0. The van der Waals surface area contributed by atoms with Crippen LogP contribution in [-0.2, 0) is 117 Å². The molecule has 0 amide bonds. The van der Waals surface area contributed by atoms with Crippen LogP contribution in [0.5, 0.6) is 6.01 Å². The number of aromatic nitrogens is 12. The molecule has 0 saturated heterocycles. The van der Waals surface area contributed by atoms with E-state index in [4.69, 9.17) is 13.8 Å². The van der Waals surface area contributed by atoms with Gasteiger partial charge in [0.2, 0.25) is 5.95 Å². The van der Waals surface area contributed by atoms with Gasteiger partial charge in [-0.1, -0.05) is 113 Å². The highest BCUT2D eigenvalue weighted by Gasteiger charge is 2.39. The average molecular weight is 2080 g/mol. The van der Waals surface area contributed by atoms with Gasteiger partial charge in [0.15, 0.2) is 62.5 Å². The Labute approximate surface area is 834 Å².